The molecule has 1 aromatic heterocycles. The molecular formula is C29H26N2O5S. The lowest BCUT2D eigenvalue weighted by atomic mass is 9.86. The van der Waals surface area contributed by atoms with Gasteiger partial charge in [0.05, 0.1) is 23.4 Å². The second-order valence-electron chi connectivity index (χ2n) is 9.22. The lowest BCUT2D eigenvalue weighted by molar-refractivity contribution is -0.130. The highest BCUT2D eigenvalue weighted by Crippen LogP contribution is 2.35. The van der Waals surface area contributed by atoms with Crippen molar-refractivity contribution in [1.29, 1.82) is 0 Å². The second-order valence-corrected chi connectivity index (χ2v) is 9.75. The zero-order valence-electron chi connectivity index (χ0n) is 20.0. The number of carbonyl (C=O) groups is 2. The lowest BCUT2D eigenvalue weighted by Crippen LogP contribution is -2.19. The normalized spacial score (nSPS) is 18.0. The fourth-order valence-corrected chi connectivity index (χ4v) is 5.33. The van der Waals surface area contributed by atoms with E-state index in [0.29, 0.717) is 40.9 Å². The molecule has 0 spiro atoms. The van der Waals surface area contributed by atoms with Gasteiger partial charge in [-0.05, 0) is 72.7 Å². The molecule has 37 heavy (non-hydrogen) atoms. The molecule has 0 aliphatic heterocycles. The van der Waals surface area contributed by atoms with Crippen molar-refractivity contribution in [2.24, 2.45) is 5.92 Å². The number of nitrogens with zero attached hydrogens (tertiary/aromatic N) is 2. The average molecular weight is 515 g/mol. The zero-order chi connectivity index (χ0) is 25.8. The van der Waals surface area contributed by atoms with Crippen molar-refractivity contribution in [1.82, 2.24) is 8.75 Å². The minimum Gasteiger partial charge on any atom is -0.489 e. The topological polar surface area (TPSA) is 110 Å². The number of benzene rings is 3. The van der Waals surface area contributed by atoms with Crippen molar-refractivity contribution in [3.8, 4) is 5.75 Å². The van der Waals surface area contributed by atoms with Crippen LogP contribution in [0, 0.1) is 5.92 Å². The predicted molar refractivity (Wildman–Crippen MR) is 141 cm³/mol. The molecule has 3 aromatic carbocycles. The van der Waals surface area contributed by atoms with E-state index >= 15 is 0 Å². The molecule has 188 valence electrons. The Kier molecular flexibility index (Phi) is 7.39. The molecule has 7 nitrogen and oxygen atoms in total. The Hall–Kier alpha value is -3.88. The predicted octanol–water partition coefficient (Wildman–Crippen LogP) is 5.54. The molecule has 1 aliphatic carbocycles. The highest BCUT2D eigenvalue weighted by molar-refractivity contribution is 7.00. The maximum atomic E-state index is 13.8. The summed E-state index contributed by atoms with van der Waals surface area (Å²) >= 11 is 1.05. The third kappa shape index (κ3) is 5.60. The number of carbonyl (C=O) groups excluding carboxylic acids is 1. The van der Waals surface area contributed by atoms with Crippen LogP contribution in [0.3, 0.4) is 0 Å². The number of aliphatic hydroxyl groups excluding tert-OH is 1. The molecule has 1 aliphatic rings. The van der Waals surface area contributed by atoms with Crippen LogP contribution in [0.1, 0.15) is 47.2 Å². The molecule has 2 N–H and O–H groups in total. The van der Waals surface area contributed by atoms with Gasteiger partial charge in [0.25, 0.3) is 0 Å². The SMILES string of the molecule is O=C(O)C(=C(CC1CCCC1O)C(=O)c1ccc(OCc2ccccc2)cc1)c1ccc2nsnc2c1. The van der Waals surface area contributed by atoms with Crippen molar-refractivity contribution in [3.05, 3.63) is 95.1 Å². The summed E-state index contributed by atoms with van der Waals surface area (Å²) in [6.07, 6.45) is 1.86. The Balaban J connectivity index is 1.48. The fourth-order valence-electron chi connectivity index (χ4n) is 4.81. The van der Waals surface area contributed by atoms with Gasteiger partial charge in [0, 0.05) is 11.1 Å². The summed E-state index contributed by atoms with van der Waals surface area (Å²) in [6.45, 7) is 0.399. The quantitative estimate of drug-likeness (QED) is 0.223. The highest BCUT2D eigenvalue weighted by Gasteiger charge is 2.31. The molecule has 5 rings (SSSR count). The van der Waals surface area contributed by atoms with Crippen LogP contribution in [0.15, 0.2) is 78.4 Å². The van der Waals surface area contributed by atoms with Crippen LogP contribution < -0.4 is 4.74 Å². The number of hydrogen-bond donors (Lipinski definition) is 2. The van der Waals surface area contributed by atoms with Crippen molar-refractivity contribution in [3.63, 3.8) is 0 Å². The van der Waals surface area contributed by atoms with Crippen molar-refractivity contribution in [2.45, 2.75) is 38.4 Å². The number of ether oxygens (including phenoxy) is 1. The van der Waals surface area contributed by atoms with E-state index in [-0.39, 0.29) is 29.3 Å². The summed E-state index contributed by atoms with van der Waals surface area (Å²) < 4.78 is 14.2. The Morgan fingerprint density at radius 2 is 1.65 bits per heavy atom. The molecular weight excluding hydrogens is 488 g/mol. The molecule has 0 bridgehead atoms. The van der Waals surface area contributed by atoms with Crippen LogP contribution in [0.4, 0.5) is 0 Å². The van der Waals surface area contributed by atoms with E-state index in [1.165, 1.54) is 0 Å². The van der Waals surface area contributed by atoms with E-state index in [9.17, 15) is 19.8 Å². The number of rotatable bonds is 9. The van der Waals surface area contributed by atoms with Gasteiger partial charge in [0.1, 0.15) is 23.4 Å². The largest absolute Gasteiger partial charge is 0.489 e. The first-order valence-electron chi connectivity index (χ1n) is 12.2. The van der Waals surface area contributed by atoms with Gasteiger partial charge in [-0.15, -0.1) is 0 Å². The number of carboxylic acid groups (broad SMARTS) is 1. The fraction of sp³-hybridized carbons (Fsp3) is 0.241. The maximum absolute atomic E-state index is 13.8. The van der Waals surface area contributed by atoms with Crippen LogP contribution in [-0.4, -0.2) is 36.8 Å². The molecule has 0 saturated heterocycles. The van der Waals surface area contributed by atoms with E-state index < -0.39 is 12.1 Å². The first-order valence-corrected chi connectivity index (χ1v) is 12.9. The molecule has 1 fully saturated rings. The summed E-state index contributed by atoms with van der Waals surface area (Å²) in [7, 11) is 0. The number of allylic oxidation sites excluding steroid dienone is 1. The number of aliphatic carboxylic acids is 1. The molecule has 1 heterocycles. The molecule has 0 amide bonds. The molecule has 2 unspecified atom stereocenters. The number of carboxylic acids is 1. The molecule has 4 aromatic rings. The van der Waals surface area contributed by atoms with Crippen LogP contribution >= 0.6 is 11.7 Å². The Morgan fingerprint density at radius 3 is 2.35 bits per heavy atom. The van der Waals surface area contributed by atoms with Crippen LogP contribution in [-0.2, 0) is 11.4 Å². The Morgan fingerprint density at radius 1 is 0.919 bits per heavy atom. The summed E-state index contributed by atoms with van der Waals surface area (Å²) in [4.78, 5) is 26.3. The van der Waals surface area contributed by atoms with Crippen LogP contribution in [0.5, 0.6) is 5.75 Å². The molecule has 8 heteroatoms. The van der Waals surface area contributed by atoms with E-state index in [2.05, 4.69) is 8.75 Å². The lowest BCUT2D eigenvalue weighted by Gasteiger charge is -2.19. The standard InChI is InChI=1S/C29H26N2O5S/c32-26-8-4-7-20(26)15-23(27(29(34)35)21-11-14-24-25(16-21)31-37-30-24)28(33)19-9-12-22(13-10-19)36-17-18-5-2-1-3-6-18/h1-3,5-6,9-14,16,20,26,32H,4,7-8,15,17H2,(H,34,35). The van der Waals surface area contributed by atoms with Crippen LogP contribution in [0.2, 0.25) is 0 Å². The first-order chi connectivity index (χ1) is 18.0. The monoisotopic (exact) mass is 514 g/mol. The Labute approximate surface area is 218 Å². The highest BCUT2D eigenvalue weighted by atomic mass is 32.1. The van der Waals surface area contributed by atoms with Gasteiger partial charge in [-0.1, -0.05) is 42.8 Å². The molecule has 0 radical (unpaired) electrons. The maximum Gasteiger partial charge on any atom is 0.336 e. The number of hydrogen-bond acceptors (Lipinski definition) is 7. The van der Waals surface area contributed by atoms with E-state index in [1.54, 1.807) is 42.5 Å². The first kappa shape index (κ1) is 24.8. The summed E-state index contributed by atoms with van der Waals surface area (Å²) in [6, 6.07) is 21.5. The smallest absolute Gasteiger partial charge is 0.336 e. The number of aliphatic hydroxyl groups is 1. The van der Waals surface area contributed by atoms with E-state index in [4.69, 9.17) is 4.74 Å². The van der Waals surface area contributed by atoms with E-state index in [1.807, 2.05) is 30.3 Å². The second kappa shape index (κ2) is 11.0. The number of fused-ring (bicyclic) bond motifs is 1. The van der Waals surface area contributed by atoms with Gasteiger partial charge in [-0.3, -0.25) is 4.79 Å². The molecule has 1 saturated carbocycles. The van der Waals surface area contributed by atoms with Gasteiger partial charge >= 0.3 is 5.97 Å². The van der Waals surface area contributed by atoms with Gasteiger partial charge in [0.15, 0.2) is 5.78 Å². The minimum absolute atomic E-state index is 0.0663. The van der Waals surface area contributed by atoms with Gasteiger partial charge < -0.3 is 14.9 Å². The van der Waals surface area contributed by atoms with Crippen molar-refractivity contribution < 1.29 is 24.5 Å². The Bertz CT molecular complexity index is 1450. The van der Waals surface area contributed by atoms with Gasteiger partial charge in [-0.2, -0.15) is 8.75 Å². The summed E-state index contributed by atoms with van der Waals surface area (Å²) in [5.74, 6) is -1.13. The number of ketones is 1. The number of aromatic nitrogens is 2. The van der Waals surface area contributed by atoms with Crippen molar-refractivity contribution in [2.75, 3.05) is 0 Å². The zero-order valence-corrected chi connectivity index (χ0v) is 20.9. The molecule has 2 atom stereocenters. The third-order valence-electron chi connectivity index (χ3n) is 6.78. The third-order valence-corrected chi connectivity index (χ3v) is 7.34. The van der Waals surface area contributed by atoms with Gasteiger partial charge in [0.2, 0.25) is 0 Å². The summed E-state index contributed by atoms with van der Waals surface area (Å²) in [5.41, 5.74) is 3.15. The minimum atomic E-state index is -1.19. The van der Waals surface area contributed by atoms with Crippen LogP contribution in [0.25, 0.3) is 16.6 Å². The van der Waals surface area contributed by atoms with Crippen molar-refractivity contribution >= 4 is 40.1 Å². The average Bonchev–Trinajstić information content (AvgIpc) is 3.55. The van der Waals surface area contributed by atoms with Gasteiger partial charge in [-0.25, -0.2) is 4.79 Å². The van der Waals surface area contributed by atoms with E-state index in [0.717, 1.165) is 30.1 Å². The summed E-state index contributed by atoms with van der Waals surface area (Å²) in [5, 5.41) is 20.7. The number of Topliss-reactive ketones (excluding diaryl/α,β-unsaturated/α-hetero) is 1.